The van der Waals surface area contributed by atoms with Gasteiger partial charge in [-0.2, -0.15) is 0 Å². The van der Waals surface area contributed by atoms with Gasteiger partial charge < -0.3 is 15.3 Å². The maximum absolute atomic E-state index is 9.49. The van der Waals surface area contributed by atoms with Crippen LogP contribution in [0.5, 0.6) is 0 Å². The zero-order valence-electron chi connectivity index (χ0n) is 14.6. The van der Waals surface area contributed by atoms with Gasteiger partial charge in [0.2, 0.25) is 0 Å². The topological polar surface area (TPSA) is 60.7 Å². The van der Waals surface area contributed by atoms with Crippen molar-refractivity contribution < 1.29 is 15.3 Å². The first-order valence-electron chi connectivity index (χ1n) is 9.34. The molecule has 0 fully saturated rings. The normalized spacial score (nSPS) is 14.5. The van der Waals surface area contributed by atoms with Crippen LogP contribution in [0.2, 0.25) is 0 Å². The molecular formula is C19H38O3. The maximum Gasteiger partial charge on any atom is 0.103 e. The van der Waals surface area contributed by atoms with E-state index in [0.29, 0.717) is 6.42 Å². The standard InChI is InChI=1S/C19H38O3/c1-2-3-4-5-6-7-8-9-10-11-12-13-14-15-16-18(21)19(22)17-20/h7-8,18-22H,2-6,9-17H2,1H3/b8-7-. The first-order valence-corrected chi connectivity index (χ1v) is 9.34. The molecular weight excluding hydrogens is 276 g/mol. The van der Waals surface area contributed by atoms with Crippen LogP contribution in [0.1, 0.15) is 90.4 Å². The van der Waals surface area contributed by atoms with E-state index in [-0.39, 0.29) is 6.61 Å². The Kier molecular flexibility index (Phi) is 16.7. The number of unbranched alkanes of at least 4 members (excludes halogenated alkanes) is 10. The molecule has 3 nitrogen and oxygen atoms in total. The fraction of sp³-hybridized carbons (Fsp3) is 0.895. The molecule has 132 valence electrons. The first-order chi connectivity index (χ1) is 10.7. The Bertz CT molecular complexity index is 241. The Morgan fingerprint density at radius 2 is 1.18 bits per heavy atom. The van der Waals surface area contributed by atoms with Gasteiger partial charge in [0.05, 0.1) is 12.7 Å². The van der Waals surface area contributed by atoms with Crippen molar-refractivity contribution in [2.75, 3.05) is 6.61 Å². The quantitative estimate of drug-likeness (QED) is 0.293. The zero-order chi connectivity index (χ0) is 16.5. The van der Waals surface area contributed by atoms with E-state index in [1.807, 2.05) is 0 Å². The molecule has 0 aliphatic carbocycles. The van der Waals surface area contributed by atoms with Gasteiger partial charge in [-0.3, -0.25) is 0 Å². The van der Waals surface area contributed by atoms with Gasteiger partial charge in [0.1, 0.15) is 6.10 Å². The van der Waals surface area contributed by atoms with Gasteiger partial charge in [0, 0.05) is 0 Å². The zero-order valence-corrected chi connectivity index (χ0v) is 14.6. The highest BCUT2D eigenvalue weighted by Gasteiger charge is 2.13. The second-order valence-electron chi connectivity index (χ2n) is 6.34. The molecule has 0 aliphatic heterocycles. The lowest BCUT2D eigenvalue weighted by atomic mass is 10.0. The van der Waals surface area contributed by atoms with E-state index in [4.69, 9.17) is 5.11 Å². The van der Waals surface area contributed by atoms with Crippen molar-refractivity contribution in [1.82, 2.24) is 0 Å². The predicted molar refractivity (Wildman–Crippen MR) is 93.9 cm³/mol. The summed E-state index contributed by atoms with van der Waals surface area (Å²) in [6, 6.07) is 0. The summed E-state index contributed by atoms with van der Waals surface area (Å²) in [4.78, 5) is 0. The Morgan fingerprint density at radius 1 is 0.682 bits per heavy atom. The van der Waals surface area contributed by atoms with E-state index in [9.17, 15) is 10.2 Å². The SMILES string of the molecule is CCCCCC/C=C\CCCCCCCCC(O)C(O)CO. The van der Waals surface area contributed by atoms with Gasteiger partial charge in [-0.15, -0.1) is 0 Å². The molecule has 2 unspecified atom stereocenters. The van der Waals surface area contributed by atoms with Gasteiger partial charge in [0.25, 0.3) is 0 Å². The fourth-order valence-corrected chi connectivity index (χ4v) is 2.56. The highest BCUT2D eigenvalue weighted by atomic mass is 16.4. The minimum absolute atomic E-state index is 0.354. The number of rotatable bonds is 16. The summed E-state index contributed by atoms with van der Waals surface area (Å²) in [5.41, 5.74) is 0. The van der Waals surface area contributed by atoms with Crippen molar-refractivity contribution in [1.29, 1.82) is 0 Å². The van der Waals surface area contributed by atoms with Crippen LogP contribution in [0, 0.1) is 0 Å². The largest absolute Gasteiger partial charge is 0.394 e. The Hall–Kier alpha value is -0.380. The third-order valence-electron chi connectivity index (χ3n) is 4.14. The molecule has 3 heteroatoms. The molecule has 0 aromatic rings. The molecule has 0 bridgehead atoms. The van der Waals surface area contributed by atoms with Crippen LogP contribution in [-0.4, -0.2) is 34.1 Å². The Morgan fingerprint density at radius 3 is 1.73 bits per heavy atom. The van der Waals surface area contributed by atoms with Crippen molar-refractivity contribution in [3.63, 3.8) is 0 Å². The van der Waals surface area contributed by atoms with Crippen molar-refractivity contribution in [3.05, 3.63) is 12.2 Å². The summed E-state index contributed by atoms with van der Waals surface area (Å²) in [7, 11) is 0. The molecule has 3 N–H and O–H groups in total. The molecule has 0 radical (unpaired) electrons. The van der Waals surface area contributed by atoms with Crippen molar-refractivity contribution in [3.8, 4) is 0 Å². The monoisotopic (exact) mass is 314 g/mol. The number of aliphatic hydroxyl groups is 3. The van der Waals surface area contributed by atoms with Gasteiger partial charge in [-0.1, -0.05) is 70.4 Å². The van der Waals surface area contributed by atoms with Crippen molar-refractivity contribution in [2.45, 2.75) is 103 Å². The molecule has 0 aromatic carbocycles. The van der Waals surface area contributed by atoms with Crippen LogP contribution in [-0.2, 0) is 0 Å². The summed E-state index contributed by atoms with van der Waals surface area (Å²) in [6.45, 7) is 1.89. The highest BCUT2D eigenvalue weighted by Crippen LogP contribution is 2.11. The molecule has 0 aromatic heterocycles. The first kappa shape index (κ1) is 21.6. The maximum atomic E-state index is 9.49. The van der Waals surface area contributed by atoms with Gasteiger partial charge in [0.15, 0.2) is 0 Å². The fourth-order valence-electron chi connectivity index (χ4n) is 2.56. The smallest absolute Gasteiger partial charge is 0.103 e. The molecule has 0 aliphatic rings. The molecule has 0 saturated heterocycles. The second-order valence-corrected chi connectivity index (χ2v) is 6.34. The third kappa shape index (κ3) is 14.6. The molecule has 0 saturated carbocycles. The second kappa shape index (κ2) is 17.0. The van der Waals surface area contributed by atoms with Crippen LogP contribution in [0.4, 0.5) is 0 Å². The van der Waals surface area contributed by atoms with Crippen LogP contribution in [0.25, 0.3) is 0 Å². The minimum atomic E-state index is -0.978. The van der Waals surface area contributed by atoms with Gasteiger partial charge in [-0.25, -0.2) is 0 Å². The number of aliphatic hydroxyl groups excluding tert-OH is 3. The van der Waals surface area contributed by atoms with E-state index >= 15 is 0 Å². The van der Waals surface area contributed by atoms with Gasteiger partial charge >= 0.3 is 0 Å². The highest BCUT2D eigenvalue weighted by molar-refractivity contribution is 4.81. The average Bonchev–Trinajstić information content (AvgIpc) is 2.54. The van der Waals surface area contributed by atoms with Crippen LogP contribution < -0.4 is 0 Å². The molecule has 0 spiro atoms. The van der Waals surface area contributed by atoms with Crippen LogP contribution in [0.15, 0.2) is 12.2 Å². The number of allylic oxidation sites excluding steroid dienone is 2. The van der Waals surface area contributed by atoms with Gasteiger partial charge in [-0.05, 0) is 32.1 Å². The van der Waals surface area contributed by atoms with Crippen LogP contribution in [0.3, 0.4) is 0 Å². The van der Waals surface area contributed by atoms with E-state index in [2.05, 4.69) is 19.1 Å². The summed E-state index contributed by atoms with van der Waals surface area (Å²) >= 11 is 0. The van der Waals surface area contributed by atoms with E-state index < -0.39 is 12.2 Å². The third-order valence-corrected chi connectivity index (χ3v) is 4.14. The lowest BCUT2D eigenvalue weighted by Crippen LogP contribution is -2.28. The van der Waals surface area contributed by atoms with E-state index in [1.54, 1.807) is 0 Å². The Balaban J connectivity index is 3.19. The summed E-state index contributed by atoms with van der Waals surface area (Å²) in [6.07, 6.45) is 18.4. The summed E-state index contributed by atoms with van der Waals surface area (Å²) in [5, 5.41) is 27.4. The lowest BCUT2D eigenvalue weighted by molar-refractivity contribution is -0.0185. The number of hydrogen-bond acceptors (Lipinski definition) is 3. The van der Waals surface area contributed by atoms with Crippen molar-refractivity contribution >= 4 is 0 Å². The summed E-state index contributed by atoms with van der Waals surface area (Å²) in [5.74, 6) is 0. The van der Waals surface area contributed by atoms with Crippen molar-refractivity contribution in [2.24, 2.45) is 0 Å². The number of hydrogen-bond donors (Lipinski definition) is 3. The minimum Gasteiger partial charge on any atom is -0.394 e. The molecule has 0 rings (SSSR count). The summed E-state index contributed by atoms with van der Waals surface area (Å²) < 4.78 is 0. The molecule has 2 atom stereocenters. The average molecular weight is 315 g/mol. The van der Waals surface area contributed by atoms with E-state index in [0.717, 1.165) is 12.8 Å². The lowest BCUT2D eigenvalue weighted by Gasteiger charge is -2.14. The molecule has 0 heterocycles. The predicted octanol–water partition coefficient (Wildman–Crippen LogP) is 4.35. The Labute approximate surface area is 137 Å². The van der Waals surface area contributed by atoms with Crippen LogP contribution >= 0.6 is 0 Å². The van der Waals surface area contributed by atoms with E-state index in [1.165, 1.54) is 64.2 Å². The molecule has 0 amide bonds. The molecule has 22 heavy (non-hydrogen) atoms.